The van der Waals surface area contributed by atoms with E-state index < -0.39 is 6.04 Å². The van der Waals surface area contributed by atoms with Crippen LogP contribution in [-0.2, 0) is 4.79 Å². The van der Waals surface area contributed by atoms with Crippen molar-refractivity contribution in [2.24, 2.45) is 5.73 Å². The Kier molecular flexibility index (Phi) is 9.62. The molecule has 2 rings (SSSR count). The van der Waals surface area contributed by atoms with Gasteiger partial charge in [-0.3, -0.25) is 4.79 Å². The summed E-state index contributed by atoms with van der Waals surface area (Å²) >= 11 is 0. The molecular weight excluding hydrogens is 380 g/mol. The maximum Gasteiger partial charge on any atom is 0.243 e. The molecule has 0 aliphatic rings. The standard InChI is InChI=1S/C21H28N2O4.ClH/c1-15-6-8-16(9-7-15)20(22)21(24)23(2)10-5-11-27-19-13-17(25-3)12-18(14-19)26-4;/h6-9,12-14,20H,5,10-11,22H2,1-4H3;1H. The number of nitrogens with two attached hydrogens (primary N) is 1. The highest BCUT2D eigenvalue weighted by Crippen LogP contribution is 2.27. The minimum atomic E-state index is -0.654. The fraction of sp³-hybridized carbons (Fsp3) is 0.381. The fourth-order valence-electron chi connectivity index (χ4n) is 2.62. The van der Waals surface area contributed by atoms with E-state index in [2.05, 4.69) is 0 Å². The Morgan fingerprint density at radius 2 is 1.57 bits per heavy atom. The zero-order valence-corrected chi connectivity index (χ0v) is 17.6. The van der Waals surface area contributed by atoms with Crippen LogP contribution in [0.15, 0.2) is 42.5 Å². The molecule has 6 nitrogen and oxygen atoms in total. The Hall–Kier alpha value is -2.44. The Morgan fingerprint density at radius 3 is 2.11 bits per heavy atom. The molecule has 7 heteroatoms. The number of amides is 1. The predicted octanol–water partition coefficient (Wildman–Crippen LogP) is 3.36. The molecule has 0 radical (unpaired) electrons. The summed E-state index contributed by atoms with van der Waals surface area (Å²) in [6.45, 7) is 3.02. The molecule has 0 aromatic heterocycles. The van der Waals surface area contributed by atoms with Crippen LogP contribution >= 0.6 is 12.4 Å². The number of carbonyl (C=O) groups is 1. The van der Waals surface area contributed by atoms with Gasteiger partial charge in [0.1, 0.15) is 23.3 Å². The van der Waals surface area contributed by atoms with Gasteiger partial charge in [-0.2, -0.15) is 0 Å². The molecule has 28 heavy (non-hydrogen) atoms. The first-order valence-corrected chi connectivity index (χ1v) is 8.87. The summed E-state index contributed by atoms with van der Waals surface area (Å²) in [6.07, 6.45) is 0.683. The van der Waals surface area contributed by atoms with Crippen LogP contribution in [0.25, 0.3) is 0 Å². The number of rotatable bonds is 9. The summed E-state index contributed by atoms with van der Waals surface area (Å²) in [5, 5.41) is 0. The van der Waals surface area contributed by atoms with Gasteiger partial charge in [0.2, 0.25) is 5.91 Å². The van der Waals surface area contributed by atoms with Gasteiger partial charge < -0.3 is 24.8 Å². The summed E-state index contributed by atoms with van der Waals surface area (Å²) in [4.78, 5) is 14.1. The lowest BCUT2D eigenvalue weighted by atomic mass is 10.0. The highest BCUT2D eigenvalue weighted by molar-refractivity contribution is 5.85. The molecule has 2 aromatic carbocycles. The molecule has 2 aromatic rings. The molecular formula is C21H29ClN2O4. The highest BCUT2D eigenvalue weighted by Gasteiger charge is 2.19. The van der Waals surface area contributed by atoms with E-state index in [-0.39, 0.29) is 18.3 Å². The van der Waals surface area contributed by atoms with Crippen molar-refractivity contribution >= 4 is 18.3 Å². The van der Waals surface area contributed by atoms with Crippen molar-refractivity contribution in [2.45, 2.75) is 19.4 Å². The third-order valence-electron chi connectivity index (χ3n) is 4.31. The quantitative estimate of drug-likeness (QED) is 0.644. The van der Waals surface area contributed by atoms with Gasteiger partial charge in [0, 0.05) is 31.8 Å². The third kappa shape index (κ3) is 6.62. The number of ether oxygens (including phenoxy) is 3. The van der Waals surface area contributed by atoms with Crippen LogP contribution in [0.3, 0.4) is 0 Å². The van der Waals surface area contributed by atoms with Crippen molar-refractivity contribution < 1.29 is 19.0 Å². The van der Waals surface area contributed by atoms with Crippen LogP contribution in [0, 0.1) is 6.92 Å². The average Bonchev–Trinajstić information content (AvgIpc) is 2.70. The van der Waals surface area contributed by atoms with E-state index in [4.69, 9.17) is 19.9 Å². The Morgan fingerprint density at radius 1 is 1.04 bits per heavy atom. The molecule has 0 fully saturated rings. The van der Waals surface area contributed by atoms with Crippen LogP contribution in [0.1, 0.15) is 23.6 Å². The normalized spacial score (nSPS) is 11.2. The van der Waals surface area contributed by atoms with Crippen LogP contribution in [0.5, 0.6) is 17.2 Å². The van der Waals surface area contributed by atoms with Gasteiger partial charge in [-0.05, 0) is 18.9 Å². The second kappa shape index (κ2) is 11.4. The van der Waals surface area contributed by atoms with Crippen molar-refractivity contribution in [1.29, 1.82) is 0 Å². The van der Waals surface area contributed by atoms with Crippen molar-refractivity contribution in [3.05, 3.63) is 53.6 Å². The largest absolute Gasteiger partial charge is 0.496 e. The average molecular weight is 409 g/mol. The fourth-order valence-corrected chi connectivity index (χ4v) is 2.62. The molecule has 0 spiro atoms. The van der Waals surface area contributed by atoms with Crippen LogP contribution < -0.4 is 19.9 Å². The molecule has 0 saturated heterocycles. The van der Waals surface area contributed by atoms with Gasteiger partial charge in [-0.15, -0.1) is 12.4 Å². The second-order valence-corrected chi connectivity index (χ2v) is 6.40. The summed E-state index contributed by atoms with van der Waals surface area (Å²) in [5.41, 5.74) is 8.05. The van der Waals surface area contributed by atoms with Gasteiger partial charge in [0.05, 0.1) is 20.8 Å². The minimum absolute atomic E-state index is 0. The van der Waals surface area contributed by atoms with Gasteiger partial charge in [-0.25, -0.2) is 0 Å². The molecule has 0 aliphatic carbocycles. The first-order valence-electron chi connectivity index (χ1n) is 8.87. The van der Waals surface area contributed by atoms with Crippen LogP contribution in [0.4, 0.5) is 0 Å². The number of nitrogens with zero attached hydrogens (tertiary/aromatic N) is 1. The lowest BCUT2D eigenvalue weighted by Crippen LogP contribution is -2.36. The van der Waals surface area contributed by atoms with Crippen LogP contribution in [0.2, 0.25) is 0 Å². The Balaban J connectivity index is 0.00000392. The Bertz CT molecular complexity index is 730. The van der Waals surface area contributed by atoms with Crippen molar-refractivity contribution in [2.75, 3.05) is 34.4 Å². The van der Waals surface area contributed by atoms with Gasteiger partial charge in [0.25, 0.3) is 0 Å². The molecule has 1 amide bonds. The van der Waals surface area contributed by atoms with E-state index in [9.17, 15) is 4.79 Å². The molecule has 0 heterocycles. The molecule has 1 atom stereocenters. The molecule has 1 unspecified atom stereocenters. The van der Waals surface area contributed by atoms with E-state index in [1.807, 2.05) is 31.2 Å². The molecule has 2 N–H and O–H groups in total. The monoisotopic (exact) mass is 408 g/mol. The number of halogens is 1. The molecule has 0 bridgehead atoms. The van der Waals surface area contributed by atoms with E-state index in [0.717, 1.165) is 11.1 Å². The van der Waals surface area contributed by atoms with Crippen LogP contribution in [-0.4, -0.2) is 45.2 Å². The van der Waals surface area contributed by atoms with E-state index in [1.165, 1.54) is 0 Å². The number of likely N-dealkylation sites (N-methyl/N-ethyl adjacent to an activating group) is 1. The maximum atomic E-state index is 12.5. The predicted molar refractivity (Wildman–Crippen MR) is 113 cm³/mol. The SMILES string of the molecule is COc1cc(OC)cc(OCCCN(C)C(=O)C(N)c2ccc(C)cc2)c1.Cl. The highest BCUT2D eigenvalue weighted by atomic mass is 35.5. The number of hydrogen-bond acceptors (Lipinski definition) is 5. The molecule has 0 aliphatic heterocycles. The molecule has 0 saturated carbocycles. The number of benzene rings is 2. The number of carbonyl (C=O) groups excluding carboxylic acids is 1. The van der Waals surface area contributed by atoms with Gasteiger partial charge in [-0.1, -0.05) is 29.8 Å². The second-order valence-electron chi connectivity index (χ2n) is 6.40. The maximum absolute atomic E-state index is 12.5. The Labute approximate surface area is 173 Å². The minimum Gasteiger partial charge on any atom is -0.496 e. The lowest BCUT2D eigenvalue weighted by Gasteiger charge is -2.21. The summed E-state index contributed by atoms with van der Waals surface area (Å²) in [7, 11) is 4.94. The first-order chi connectivity index (χ1) is 12.9. The topological polar surface area (TPSA) is 74.0 Å². The summed E-state index contributed by atoms with van der Waals surface area (Å²) in [6, 6.07) is 12.4. The van der Waals surface area contributed by atoms with Crippen molar-refractivity contribution in [3.63, 3.8) is 0 Å². The van der Waals surface area contributed by atoms with Gasteiger partial charge >= 0.3 is 0 Å². The van der Waals surface area contributed by atoms with E-state index >= 15 is 0 Å². The number of aryl methyl sites for hydroxylation is 1. The molecule has 154 valence electrons. The third-order valence-corrected chi connectivity index (χ3v) is 4.31. The zero-order valence-electron chi connectivity index (χ0n) is 16.8. The number of methoxy groups -OCH3 is 2. The smallest absolute Gasteiger partial charge is 0.243 e. The van der Waals surface area contributed by atoms with E-state index in [1.54, 1.807) is 44.4 Å². The number of hydrogen-bond donors (Lipinski definition) is 1. The lowest BCUT2D eigenvalue weighted by molar-refractivity contribution is -0.131. The van der Waals surface area contributed by atoms with Crippen molar-refractivity contribution in [3.8, 4) is 17.2 Å². The summed E-state index contributed by atoms with van der Waals surface area (Å²) < 4.78 is 16.2. The summed E-state index contributed by atoms with van der Waals surface area (Å²) in [5.74, 6) is 1.89. The van der Waals surface area contributed by atoms with Crippen molar-refractivity contribution in [1.82, 2.24) is 4.90 Å². The van der Waals surface area contributed by atoms with Gasteiger partial charge in [0.15, 0.2) is 0 Å². The zero-order chi connectivity index (χ0) is 19.8. The first kappa shape index (κ1) is 23.6. The van der Waals surface area contributed by atoms with E-state index in [0.29, 0.717) is 36.8 Å².